The van der Waals surface area contributed by atoms with Gasteiger partial charge in [0.25, 0.3) is 0 Å². The molecule has 5 heteroatoms. The smallest absolute Gasteiger partial charge is 0.308 e. The van der Waals surface area contributed by atoms with E-state index in [0.717, 1.165) is 18.4 Å². The molecular weight excluding hydrogens is 256 g/mol. The Hall–Kier alpha value is -1.88. The lowest BCUT2D eigenvalue weighted by Gasteiger charge is -2.19. The van der Waals surface area contributed by atoms with Crippen LogP contribution in [0.1, 0.15) is 37.3 Å². The lowest BCUT2D eigenvalue weighted by molar-refractivity contribution is -0.142. The molecule has 4 N–H and O–H groups in total. The second-order valence-electron chi connectivity index (χ2n) is 5.27. The summed E-state index contributed by atoms with van der Waals surface area (Å²) in [6.45, 7) is 0. The van der Waals surface area contributed by atoms with E-state index in [-0.39, 0.29) is 24.4 Å². The molecule has 1 aromatic rings. The summed E-state index contributed by atoms with van der Waals surface area (Å²) in [4.78, 5) is 23.0. The first-order chi connectivity index (χ1) is 9.58. The van der Waals surface area contributed by atoms with Crippen molar-refractivity contribution in [1.29, 1.82) is 0 Å². The summed E-state index contributed by atoms with van der Waals surface area (Å²) >= 11 is 0. The summed E-state index contributed by atoms with van der Waals surface area (Å²) in [7, 11) is 0. The van der Waals surface area contributed by atoms with Gasteiger partial charge in [-0.3, -0.25) is 9.59 Å². The summed E-state index contributed by atoms with van der Waals surface area (Å²) in [6, 6.07) is 8.80. The van der Waals surface area contributed by atoms with Crippen LogP contribution in [0.25, 0.3) is 0 Å². The van der Waals surface area contributed by atoms with Crippen molar-refractivity contribution in [3.63, 3.8) is 0 Å². The third-order valence-corrected chi connectivity index (χ3v) is 3.81. The van der Waals surface area contributed by atoms with Crippen molar-refractivity contribution in [3.05, 3.63) is 35.9 Å². The van der Waals surface area contributed by atoms with Crippen LogP contribution in [0.15, 0.2) is 30.3 Å². The van der Waals surface area contributed by atoms with Crippen LogP contribution in [-0.4, -0.2) is 23.0 Å². The number of rotatable bonds is 5. The Morgan fingerprint density at radius 1 is 1.30 bits per heavy atom. The Morgan fingerprint density at radius 2 is 2.00 bits per heavy atom. The van der Waals surface area contributed by atoms with Crippen molar-refractivity contribution >= 4 is 11.9 Å². The molecule has 1 aliphatic rings. The zero-order valence-electron chi connectivity index (χ0n) is 11.3. The highest BCUT2D eigenvalue weighted by Gasteiger charge is 2.33. The van der Waals surface area contributed by atoms with Crippen molar-refractivity contribution in [2.45, 2.75) is 37.8 Å². The summed E-state index contributed by atoms with van der Waals surface area (Å²) < 4.78 is 0. The molecule has 1 amide bonds. The third kappa shape index (κ3) is 3.57. The molecule has 1 aromatic carbocycles. The highest BCUT2D eigenvalue weighted by molar-refractivity contribution is 5.79. The number of aliphatic carboxylic acids is 1. The second-order valence-corrected chi connectivity index (χ2v) is 5.27. The topological polar surface area (TPSA) is 92.4 Å². The van der Waals surface area contributed by atoms with Gasteiger partial charge in [0, 0.05) is 18.5 Å². The molecule has 0 radical (unpaired) electrons. The molecule has 2 rings (SSSR count). The Bertz CT molecular complexity index is 475. The van der Waals surface area contributed by atoms with Gasteiger partial charge in [0.15, 0.2) is 0 Å². The molecule has 1 aliphatic carbocycles. The minimum absolute atomic E-state index is 0.173. The van der Waals surface area contributed by atoms with Crippen LogP contribution in [0.3, 0.4) is 0 Å². The maximum atomic E-state index is 12.0. The predicted octanol–water partition coefficient (Wildman–Crippen LogP) is 1.45. The van der Waals surface area contributed by atoms with Gasteiger partial charge in [-0.25, -0.2) is 0 Å². The maximum Gasteiger partial charge on any atom is 0.308 e. The van der Waals surface area contributed by atoms with Crippen molar-refractivity contribution in [2.24, 2.45) is 11.7 Å². The van der Waals surface area contributed by atoms with Gasteiger partial charge in [-0.1, -0.05) is 36.8 Å². The van der Waals surface area contributed by atoms with Gasteiger partial charge in [0.1, 0.15) is 0 Å². The third-order valence-electron chi connectivity index (χ3n) is 3.81. The van der Waals surface area contributed by atoms with Crippen LogP contribution >= 0.6 is 0 Å². The first-order valence-corrected chi connectivity index (χ1v) is 6.90. The number of carboxylic acids is 1. The van der Waals surface area contributed by atoms with E-state index in [0.29, 0.717) is 6.42 Å². The molecule has 0 heterocycles. The minimum atomic E-state index is -0.833. The van der Waals surface area contributed by atoms with E-state index in [9.17, 15) is 9.59 Å². The van der Waals surface area contributed by atoms with E-state index < -0.39 is 11.9 Å². The average Bonchev–Trinajstić information content (AvgIpc) is 2.87. The SMILES string of the molecule is NC(CC(=O)NC1CCCC1C(=O)O)c1ccccc1. The Kier molecular flexibility index (Phi) is 4.74. The molecule has 0 aromatic heterocycles. The minimum Gasteiger partial charge on any atom is -0.481 e. The van der Waals surface area contributed by atoms with Gasteiger partial charge in [0.2, 0.25) is 5.91 Å². The summed E-state index contributed by atoms with van der Waals surface area (Å²) in [5.74, 6) is -1.48. The monoisotopic (exact) mass is 276 g/mol. The molecule has 0 spiro atoms. The highest BCUT2D eigenvalue weighted by Crippen LogP contribution is 2.26. The molecule has 5 nitrogen and oxygen atoms in total. The van der Waals surface area contributed by atoms with Crippen LogP contribution in [0.5, 0.6) is 0 Å². The van der Waals surface area contributed by atoms with Gasteiger partial charge in [-0.15, -0.1) is 0 Å². The Labute approximate surface area is 118 Å². The van der Waals surface area contributed by atoms with Crippen molar-refractivity contribution < 1.29 is 14.7 Å². The molecule has 0 aliphatic heterocycles. The molecule has 1 saturated carbocycles. The zero-order valence-corrected chi connectivity index (χ0v) is 11.3. The van der Waals surface area contributed by atoms with Crippen molar-refractivity contribution in [2.75, 3.05) is 0 Å². The fraction of sp³-hybridized carbons (Fsp3) is 0.467. The van der Waals surface area contributed by atoms with Crippen molar-refractivity contribution in [3.8, 4) is 0 Å². The quantitative estimate of drug-likeness (QED) is 0.759. The van der Waals surface area contributed by atoms with E-state index in [1.807, 2.05) is 30.3 Å². The maximum absolute atomic E-state index is 12.0. The number of nitrogens with two attached hydrogens (primary N) is 1. The van der Waals surface area contributed by atoms with Crippen molar-refractivity contribution in [1.82, 2.24) is 5.32 Å². The van der Waals surface area contributed by atoms with Crippen LogP contribution in [-0.2, 0) is 9.59 Å². The number of carboxylic acid groups (broad SMARTS) is 1. The lowest BCUT2D eigenvalue weighted by Crippen LogP contribution is -2.41. The van der Waals surface area contributed by atoms with Gasteiger partial charge in [0.05, 0.1) is 5.92 Å². The van der Waals surface area contributed by atoms with Gasteiger partial charge >= 0.3 is 5.97 Å². The van der Waals surface area contributed by atoms with E-state index >= 15 is 0 Å². The first kappa shape index (κ1) is 14.5. The van der Waals surface area contributed by atoms with Crippen LogP contribution in [0, 0.1) is 5.92 Å². The number of nitrogens with one attached hydrogen (secondary N) is 1. The molecule has 0 saturated heterocycles. The van der Waals surface area contributed by atoms with Crippen LogP contribution in [0.4, 0.5) is 0 Å². The van der Waals surface area contributed by atoms with Crippen LogP contribution in [0.2, 0.25) is 0 Å². The number of hydrogen-bond donors (Lipinski definition) is 3. The Morgan fingerprint density at radius 3 is 2.65 bits per heavy atom. The molecule has 108 valence electrons. The fourth-order valence-corrected chi connectivity index (χ4v) is 2.71. The van der Waals surface area contributed by atoms with E-state index in [1.54, 1.807) is 0 Å². The molecular formula is C15H20N2O3. The van der Waals surface area contributed by atoms with Gasteiger partial charge in [-0.05, 0) is 18.4 Å². The van der Waals surface area contributed by atoms with Gasteiger partial charge < -0.3 is 16.2 Å². The zero-order chi connectivity index (χ0) is 14.5. The normalized spacial score (nSPS) is 23.2. The van der Waals surface area contributed by atoms with E-state index in [2.05, 4.69) is 5.32 Å². The number of benzene rings is 1. The summed E-state index contributed by atoms with van der Waals surface area (Å²) in [5.41, 5.74) is 6.89. The van der Waals surface area contributed by atoms with Gasteiger partial charge in [-0.2, -0.15) is 0 Å². The fourth-order valence-electron chi connectivity index (χ4n) is 2.71. The molecule has 0 bridgehead atoms. The number of hydrogen-bond acceptors (Lipinski definition) is 3. The largest absolute Gasteiger partial charge is 0.481 e. The standard InChI is InChI=1S/C15H20N2O3/c16-12(10-5-2-1-3-6-10)9-14(18)17-13-8-4-7-11(13)15(19)20/h1-3,5-6,11-13H,4,7-9,16H2,(H,17,18)(H,19,20). The molecule has 3 unspecified atom stereocenters. The number of amides is 1. The summed E-state index contributed by atoms with van der Waals surface area (Å²) in [5, 5.41) is 11.9. The first-order valence-electron chi connectivity index (χ1n) is 6.90. The molecule has 3 atom stereocenters. The summed E-state index contributed by atoms with van der Waals surface area (Å²) in [6.07, 6.45) is 2.37. The highest BCUT2D eigenvalue weighted by atomic mass is 16.4. The molecule has 20 heavy (non-hydrogen) atoms. The van der Waals surface area contributed by atoms with Crippen LogP contribution < -0.4 is 11.1 Å². The average molecular weight is 276 g/mol. The number of carbonyl (C=O) groups excluding carboxylic acids is 1. The van der Waals surface area contributed by atoms with E-state index in [4.69, 9.17) is 10.8 Å². The predicted molar refractivity (Wildman–Crippen MR) is 74.9 cm³/mol. The number of carbonyl (C=O) groups is 2. The van der Waals surface area contributed by atoms with E-state index in [1.165, 1.54) is 0 Å². The molecule has 1 fully saturated rings. The Balaban J connectivity index is 1.88. The second kappa shape index (κ2) is 6.52. The lowest BCUT2D eigenvalue weighted by atomic mass is 10.0.